The zero-order valence-corrected chi connectivity index (χ0v) is 12.8. The second kappa shape index (κ2) is 5.40. The van der Waals surface area contributed by atoms with Crippen molar-refractivity contribution in [2.45, 2.75) is 4.90 Å². The summed E-state index contributed by atoms with van der Waals surface area (Å²) in [5, 5.41) is 0.331. The Hall–Kier alpha value is -1.24. The molecule has 2 aromatic carbocycles. The summed E-state index contributed by atoms with van der Waals surface area (Å²) in [5.74, 6) is 0. The van der Waals surface area contributed by atoms with E-state index in [9.17, 15) is 8.42 Å². The van der Waals surface area contributed by atoms with Gasteiger partial charge in [0.25, 0.3) is 10.0 Å². The molecular formula is C12H10BrClN2O2S. The third kappa shape index (κ3) is 3.20. The third-order valence-electron chi connectivity index (χ3n) is 2.36. The van der Waals surface area contributed by atoms with Gasteiger partial charge in [-0.05, 0) is 46.3 Å². The van der Waals surface area contributed by atoms with Crippen LogP contribution >= 0.6 is 27.5 Å². The summed E-state index contributed by atoms with van der Waals surface area (Å²) < 4.78 is 27.3. The summed E-state index contributed by atoms with van der Waals surface area (Å²) >= 11 is 9.11. The Balaban J connectivity index is 2.41. The molecule has 0 radical (unpaired) electrons. The molecule has 3 N–H and O–H groups in total. The van der Waals surface area contributed by atoms with Crippen molar-refractivity contribution >= 4 is 48.9 Å². The lowest BCUT2D eigenvalue weighted by atomic mass is 10.3. The summed E-state index contributed by atoms with van der Waals surface area (Å²) in [6.07, 6.45) is 0. The van der Waals surface area contributed by atoms with Crippen molar-refractivity contribution < 1.29 is 8.42 Å². The number of sulfonamides is 1. The van der Waals surface area contributed by atoms with Crippen LogP contribution in [-0.2, 0) is 10.0 Å². The maximum Gasteiger partial charge on any atom is 0.263 e. The predicted molar refractivity (Wildman–Crippen MR) is 80.8 cm³/mol. The fourth-order valence-electron chi connectivity index (χ4n) is 1.48. The number of nitrogens with one attached hydrogen (secondary N) is 1. The van der Waals surface area contributed by atoms with Crippen molar-refractivity contribution in [3.63, 3.8) is 0 Å². The Morgan fingerprint density at radius 1 is 1.16 bits per heavy atom. The lowest BCUT2D eigenvalue weighted by Gasteiger charge is -2.11. The van der Waals surface area contributed by atoms with E-state index in [1.54, 1.807) is 24.3 Å². The number of rotatable bonds is 3. The zero-order valence-electron chi connectivity index (χ0n) is 9.60. The van der Waals surface area contributed by atoms with E-state index in [1.807, 2.05) is 0 Å². The maximum absolute atomic E-state index is 12.2. The first kappa shape index (κ1) is 14.2. The van der Waals surface area contributed by atoms with E-state index >= 15 is 0 Å². The minimum atomic E-state index is -3.72. The van der Waals surface area contributed by atoms with Gasteiger partial charge in [-0.3, -0.25) is 4.72 Å². The van der Waals surface area contributed by atoms with E-state index in [4.69, 9.17) is 17.3 Å². The Bertz CT molecular complexity index is 719. The molecule has 2 rings (SSSR count). The predicted octanol–water partition coefficient (Wildman–Crippen LogP) is 3.49. The SMILES string of the molecule is Nc1ccc(S(=O)(=O)Nc2ccccc2Cl)c(Br)c1. The molecule has 0 atom stereocenters. The molecule has 0 fully saturated rings. The summed E-state index contributed by atoms with van der Waals surface area (Å²) in [6, 6.07) is 11.1. The molecule has 4 nitrogen and oxygen atoms in total. The molecule has 0 aliphatic heterocycles. The zero-order chi connectivity index (χ0) is 14.0. The van der Waals surface area contributed by atoms with E-state index in [0.29, 0.717) is 20.9 Å². The monoisotopic (exact) mass is 360 g/mol. The smallest absolute Gasteiger partial charge is 0.263 e. The highest BCUT2D eigenvalue weighted by molar-refractivity contribution is 9.10. The first-order valence-corrected chi connectivity index (χ1v) is 7.88. The van der Waals surface area contributed by atoms with Gasteiger partial charge in [-0.15, -0.1) is 0 Å². The van der Waals surface area contributed by atoms with Crippen LogP contribution in [0.3, 0.4) is 0 Å². The van der Waals surface area contributed by atoms with E-state index in [-0.39, 0.29) is 4.90 Å². The van der Waals surface area contributed by atoms with Crippen LogP contribution in [-0.4, -0.2) is 8.42 Å². The van der Waals surface area contributed by atoms with Crippen molar-refractivity contribution in [3.05, 3.63) is 52.0 Å². The molecule has 0 aliphatic carbocycles. The summed E-state index contributed by atoms with van der Waals surface area (Å²) in [4.78, 5) is 0.0987. The molecule has 0 unspecified atom stereocenters. The summed E-state index contributed by atoms with van der Waals surface area (Å²) in [7, 11) is -3.72. The molecule has 2 aromatic rings. The second-order valence-corrected chi connectivity index (χ2v) is 6.69. The van der Waals surface area contributed by atoms with Crippen molar-refractivity contribution in [1.82, 2.24) is 0 Å². The van der Waals surface area contributed by atoms with Gasteiger partial charge in [0.1, 0.15) is 4.90 Å². The van der Waals surface area contributed by atoms with E-state index < -0.39 is 10.0 Å². The number of para-hydroxylation sites is 1. The number of halogens is 2. The molecule has 0 heterocycles. The second-order valence-electron chi connectivity index (χ2n) is 3.78. The highest BCUT2D eigenvalue weighted by Crippen LogP contribution is 2.28. The Morgan fingerprint density at radius 2 is 1.84 bits per heavy atom. The number of hydrogen-bond donors (Lipinski definition) is 2. The van der Waals surface area contributed by atoms with E-state index in [2.05, 4.69) is 20.7 Å². The quantitative estimate of drug-likeness (QED) is 0.822. The Morgan fingerprint density at radius 3 is 2.47 bits per heavy atom. The van der Waals surface area contributed by atoms with Gasteiger partial charge in [0.05, 0.1) is 10.7 Å². The van der Waals surface area contributed by atoms with Crippen molar-refractivity contribution in [2.75, 3.05) is 10.5 Å². The Labute approximate surface area is 124 Å². The number of anilines is 2. The molecule has 0 amide bonds. The molecule has 0 aromatic heterocycles. The number of benzene rings is 2. The minimum Gasteiger partial charge on any atom is -0.399 e. The number of nitrogen functional groups attached to an aromatic ring is 1. The Kier molecular flexibility index (Phi) is 4.03. The lowest BCUT2D eigenvalue weighted by molar-refractivity contribution is 0.601. The van der Waals surface area contributed by atoms with Crippen molar-refractivity contribution in [3.8, 4) is 0 Å². The van der Waals surface area contributed by atoms with Crippen LogP contribution < -0.4 is 10.5 Å². The van der Waals surface area contributed by atoms with E-state index in [0.717, 1.165) is 0 Å². The van der Waals surface area contributed by atoms with Gasteiger partial charge in [0.2, 0.25) is 0 Å². The third-order valence-corrected chi connectivity index (χ3v) is 5.04. The maximum atomic E-state index is 12.2. The van der Waals surface area contributed by atoms with Gasteiger partial charge in [0, 0.05) is 10.2 Å². The molecule has 0 bridgehead atoms. The molecule has 0 aliphatic rings. The van der Waals surface area contributed by atoms with Gasteiger partial charge in [0.15, 0.2) is 0 Å². The molecule has 19 heavy (non-hydrogen) atoms. The minimum absolute atomic E-state index is 0.0987. The average Bonchev–Trinajstić information content (AvgIpc) is 2.31. The van der Waals surface area contributed by atoms with Gasteiger partial charge in [-0.2, -0.15) is 0 Å². The van der Waals surface area contributed by atoms with Gasteiger partial charge < -0.3 is 5.73 Å². The van der Waals surface area contributed by atoms with Gasteiger partial charge >= 0.3 is 0 Å². The fraction of sp³-hybridized carbons (Fsp3) is 0. The topological polar surface area (TPSA) is 72.2 Å². The molecule has 7 heteroatoms. The van der Waals surface area contributed by atoms with Crippen LogP contribution in [0.25, 0.3) is 0 Å². The lowest BCUT2D eigenvalue weighted by Crippen LogP contribution is -2.14. The average molecular weight is 362 g/mol. The summed E-state index contributed by atoms with van der Waals surface area (Å²) in [6.45, 7) is 0. The first-order chi connectivity index (χ1) is 8.90. The molecule has 0 spiro atoms. The highest BCUT2D eigenvalue weighted by Gasteiger charge is 2.18. The normalized spacial score (nSPS) is 11.3. The first-order valence-electron chi connectivity index (χ1n) is 5.22. The van der Waals surface area contributed by atoms with Gasteiger partial charge in [-0.25, -0.2) is 8.42 Å². The largest absolute Gasteiger partial charge is 0.399 e. The van der Waals surface area contributed by atoms with E-state index in [1.165, 1.54) is 18.2 Å². The van der Waals surface area contributed by atoms with Crippen LogP contribution in [0.2, 0.25) is 5.02 Å². The molecule has 0 saturated carbocycles. The molecule has 0 saturated heterocycles. The van der Waals surface area contributed by atoms with Crippen LogP contribution in [0.5, 0.6) is 0 Å². The van der Waals surface area contributed by atoms with Crippen LogP contribution in [0.1, 0.15) is 0 Å². The summed E-state index contributed by atoms with van der Waals surface area (Å²) in [5.41, 5.74) is 6.38. The molecular weight excluding hydrogens is 352 g/mol. The standard InChI is InChI=1S/C12H10BrClN2O2S/c13-9-7-8(15)5-6-12(9)19(17,18)16-11-4-2-1-3-10(11)14/h1-7,16H,15H2. The number of nitrogens with two attached hydrogens (primary N) is 1. The van der Waals surface area contributed by atoms with Gasteiger partial charge in [-0.1, -0.05) is 23.7 Å². The number of hydrogen-bond acceptors (Lipinski definition) is 3. The fourth-order valence-corrected chi connectivity index (χ4v) is 3.89. The highest BCUT2D eigenvalue weighted by atomic mass is 79.9. The van der Waals surface area contributed by atoms with Crippen molar-refractivity contribution in [1.29, 1.82) is 0 Å². The van der Waals surface area contributed by atoms with Crippen molar-refractivity contribution in [2.24, 2.45) is 0 Å². The van der Waals surface area contributed by atoms with Crippen LogP contribution in [0.15, 0.2) is 51.8 Å². The molecule has 100 valence electrons. The van der Waals surface area contributed by atoms with Crippen LogP contribution in [0.4, 0.5) is 11.4 Å². The van der Waals surface area contributed by atoms with Crippen LogP contribution in [0, 0.1) is 0 Å².